The van der Waals surface area contributed by atoms with Gasteiger partial charge in [-0.05, 0) is 46.8 Å². The Labute approximate surface area is 128 Å². The van der Waals surface area contributed by atoms with Gasteiger partial charge >= 0.3 is 0 Å². The van der Waals surface area contributed by atoms with E-state index in [0.29, 0.717) is 0 Å². The molecule has 20 heavy (non-hydrogen) atoms. The molecule has 1 aliphatic heterocycles. The summed E-state index contributed by atoms with van der Waals surface area (Å²) in [7, 11) is 0. The molecule has 2 aromatic rings. The number of para-hydroxylation sites is 1. The number of aryl methyl sites for hydroxylation is 2. The van der Waals surface area contributed by atoms with Crippen molar-refractivity contribution in [2.24, 2.45) is 0 Å². The van der Waals surface area contributed by atoms with E-state index in [4.69, 9.17) is 4.98 Å². The second kappa shape index (κ2) is 5.92. The normalized spacial score (nSPS) is 14.2. The Kier molecular flexibility index (Phi) is 4.01. The molecule has 0 atom stereocenters. The van der Waals surface area contributed by atoms with Crippen molar-refractivity contribution < 1.29 is 0 Å². The number of halogens is 1. The lowest BCUT2D eigenvalue weighted by molar-refractivity contribution is 0.748. The van der Waals surface area contributed by atoms with Crippen LogP contribution in [0, 0.1) is 0 Å². The summed E-state index contributed by atoms with van der Waals surface area (Å²) in [5, 5.41) is 0. The van der Waals surface area contributed by atoms with Crippen LogP contribution in [0.2, 0.25) is 0 Å². The number of aromatic nitrogens is 2. The van der Waals surface area contributed by atoms with Crippen LogP contribution in [0.5, 0.6) is 0 Å². The van der Waals surface area contributed by atoms with Gasteiger partial charge in [-0.25, -0.2) is 9.97 Å². The van der Waals surface area contributed by atoms with Gasteiger partial charge < -0.3 is 4.90 Å². The van der Waals surface area contributed by atoms with Crippen molar-refractivity contribution in [2.75, 3.05) is 11.4 Å². The van der Waals surface area contributed by atoms with E-state index in [9.17, 15) is 0 Å². The standard InChI is InChI=1S/C16H18BrN3/c1-2-6-15-18-14(17)11-16(19-15)20-10-5-8-12-7-3-4-9-13(12)20/h3-4,7,9,11H,2,5-6,8,10H2,1H3. The molecule has 104 valence electrons. The van der Waals surface area contributed by atoms with Crippen molar-refractivity contribution in [3.63, 3.8) is 0 Å². The first-order valence-corrected chi connectivity index (χ1v) is 7.96. The highest BCUT2D eigenvalue weighted by atomic mass is 79.9. The molecule has 2 heterocycles. The maximum atomic E-state index is 4.73. The fourth-order valence-corrected chi connectivity index (χ4v) is 3.11. The smallest absolute Gasteiger partial charge is 0.137 e. The van der Waals surface area contributed by atoms with Gasteiger partial charge in [0.2, 0.25) is 0 Å². The zero-order chi connectivity index (χ0) is 13.9. The first-order valence-electron chi connectivity index (χ1n) is 7.17. The highest BCUT2D eigenvalue weighted by Gasteiger charge is 2.19. The molecule has 0 bridgehead atoms. The summed E-state index contributed by atoms with van der Waals surface area (Å²) in [6.45, 7) is 3.17. The average Bonchev–Trinajstić information content (AvgIpc) is 2.46. The number of benzene rings is 1. The molecule has 3 nitrogen and oxygen atoms in total. The summed E-state index contributed by atoms with van der Waals surface area (Å²) >= 11 is 3.51. The lowest BCUT2D eigenvalue weighted by atomic mass is 10.0. The Hall–Kier alpha value is -1.42. The fraction of sp³-hybridized carbons (Fsp3) is 0.375. The van der Waals surface area contributed by atoms with E-state index in [0.717, 1.165) is 42.1 Å². The Bertz CT molecular complexity index is 612. The van der Waals surface area contributed by atoms with E-state index in [1.165, 1.54) is 17.7 Å². The minimum absolute atomic E-state index is 0.869. The van der Waals surface area contributed by atoms with Crippen LogP contribution in [-0.2, 0) is 12.8 Å². The molecular formula is C16H18BrN3. The predicted octanol–water partition coefficient (Wildman–Crippen LogP) is 4.28. The predicted molar refractivity (Wildman–Crippen MR) is 85.5 cm³/mol. The summed E-state index contributed by atoms with van der Waals surface area (Å²) in [4.78, 5) is 11.5. The Morgan fingerprint density at radius 3 is 2.95 bits per heavy atom. The van der Waals surface area contributed by atoms with E-state index >= 15 is 0 Å². The van der Waals surface area contributed by atoms with Crippen LogP contribution in [-0.4, -0.2) is 16.5 Å². The third-order valence-electron chi connectivity index (χ3n) is 3.59. The molecule has 1 aromatic heterocycles. The number of nitrogens with zero attached hydrogens (tertiary/aromatic N) is 3. The van der Waals surface area contributed by atoms with Gasteiger partial charge in [-0.1, -0.05) is 25.1 Å². The summed E-state index contributed by atoms with van der Waals surface area (Å²) in [6, 6.07) is 10.6. The van der Waals surface area contributed by atoms with Gasteiger partial charge in [0.1, 0.15) is 16.2 Å². The number of fused-ring (bicyclic) bond motifs is 1. The number of hydrogen-bond donors (Lipinski definition) is 0. The van der Waals surface area contributed by atoms with Crippen LogP contribution >= 0.6 is 15.9 Å². The molecule has 4 heteroatoms. The summed E-state index contributed by atoms with van der Waals surface area (Å²) < 4.78 is 0.869. The Morgan fingerprint density at radius 1 is 1.25 bits per heavy atom. The van der Waals surface area contributed by atoms with Crippen molar-refractivity contribution in [1.82, 2.24) is 9.97 Å². The van der Waals surface area contributed by atoms with Gasteiger partial charge in [-0.3, -0.25) is 0 Å². The molecule has 0 unspecified atom stereocenters. The maximum absolute atomic E-state index is 4.73. The Balaban J connectivity index is 2.01. The van der Waals surface area contributed by atoms with E-state index in [2.05, 4.69) is 57.0 Å². The van der Waals surface area contributed by atoms with Crippen LogP contribution in [0.1, 0.15) is 31.2 Å². The molecular weight excluding hydrogens is 314 g/mol. The summed E-state index contributed by atoms with van der Waals surface area (Å²) in [5.74, 6) is 1.92. The zero-order valence-corrected chi connectivity index (χ0v) is 13.2. The number of anilines is 2. The van der Waals surface area contributed by atoms with E-state index < -0.39 is 0 Å². The number of hydrogen-bond acceptors (Lipinski definition) is 3. The molecule has 0 saturated heterocycles. The second-order valence-corrected chi connectivity index (χ2v) is 5.91. The highest BCUT2D eigenvalue weighted by Crippen LogP contribution is 2.33. The van der Waals surface area contributed by atoms with Crippen molar-refractivity contribution in [3.05, 3.63) is 46.3 Å². The third-order valence-corrected chi connectivity index (χ3v) is 3.99. The largest absolute Gasteiger partial charge is 0.326 e. The molecule has 0 saturated carbocycles. The van der Waals surface area contributed by atoms with Crippen molar-refractivity contribution in [1.29, 1.82) is 0 Å². The molecule has 0 fully saturated rings. The maximum Gasteiger partial charge on any atom is 0.137 e. The topological polar surface area (TPSA) is 29.0 Å². The lowest BCUT2D eigenvalue weighted by Gasteiger charge is -2.30. The van der Waals surface area contributed by atoms with Crippen LogP contribution < -0.4 is 4.90 Å². The average molecular weight is 332 g/mol. The van der Waals surface area contributed by atoms with E-state index in [-0.39, 0.29) is 0 Å². The summed E-state index contributed by atoms with van der Waals surface area (Å²) in [5.41, 5.74) is 2.69. The van der Waals surface area contributed by atoms with Gasteiger partial charge in [0.25, 0.3) is 0 Å². The number of rotatable bonds is 3. The second-order valence-electron chi connectivity index (χ2n) is 5.10. The molecule has 0 spiro atoms. The van der Waals surface area contributed by atoms with E-state index in [1.807, 2.05) is 6.07 Å². The van der Waals surface area contributed by atoms with Gasteiger partial charge in [0.05, 0.1) is 0 Å². The van der Waals surface area contributed by atoms with Gasteiger partial charge in [0, 0.05) is 24.7 Å². The zero-order valence-electron chi connectivity index (χ0n) is 11.6. The van der Waals surface area contributed by atoms with Gasteiger partial charge in [0.15, 0.2) is 0 Å². The van der Waals surface area contributed by atoms with Crippen molar-refractivity contribution >= 4 is 27.4 Å². The van der Waals surface area contributed by atoms with E-state index in [1.54, 1.807) is 0 Å². The fourth-order valence-electron chi connectivity index (χ4n) is 2.70. The molecule has 0 radical (unpaired) electrons. The van der Waals surface area contributed by atoms with Crippen molar-refractivity contribution in [2.45, 2.75) is 32.6 Å². The third kappa shape index (κ3) is 2.70. The molecule has 1 aromatic carbocycles. The highest BCUT2D eigenvalue weighted by molar-refractivity contribution is 9.10. The van der Waals surface area contributed by atoms with Crippen LogP contribution in [0.3, 0.4) is 0 Å². The van der Waals surface area contributed by atoms with Crippen LogP contribution in [0.25, 0.3) is 0 Å². The van der Waals surface area contributed by atoms with Crippen LogP contribution in [0.4, 0.5) is 11.5 Å². The molecule has 0 aliphatic carbocycles. The van der Waals surface area contributed by atoms with Crippen LogP contribution in [0.15, 0.2) is 34.9 Å². The molecule has 0 N–H and O–H groups in total. The first kappa shape index (κ1) is 13.6. The summed E-state index contributed by atoms with van der Waals surface area (Å²) in [6.07, 6.45) is 4.30. The van der Waals surface area contributed by atoms with Gasteiger partial charge in [-0.2, -0.15) is 0 Å². The molecule has 1 aliphatic rings. The first-order chi connectivity index (χ1) is 9.78. The monoisotopic (exact) mass is 331 g/mol. The van der Waals surface area contributed by atoms with Crippen molar-refractivity contribution in [3.8, 4) is 0 Å². The molecule has 3 rings (SSSR count). The quantitative estimate of drug-likeness (QED) is 0.786. The molecule has 0 amide bonds. The lowest BCUT2D eigenvalue weighted by Crippen LogP contribution is -2.25. The minimum atomic E-state index is 0.869. The SMILES string of the molecule is CCCc1nc(Br)cc(N2CCCc3ccccc32)n1. The minimum Gasteiger partial charge on any atom is -0.326 e. The van der Waals surface area contributed by atoms with Gasteiger partial charge in [-0.15, -0.1) is 0 Å². The Morgan fingerprint density at radius 2 is 2.10 bits per heavy atom.